The predicted molar refractivity (Wildman–Crippen MR) is 108 cm³/mol. The van der Waals surface area contributed by atoms with Crippen LogP contribution in [0.4, 0.5) is 0 Å². The summed E-state index contributed by atoms with van der Waals surface area (Å²) in [6.07, 6.45) is 0.772. The molecule has 1 heterocycles. The van der Waals surface area contributed by atoms with Gasteiger partial charge in [0.25, 0.3) is 0 Å². The van der Waals surface area contributed by atoms with Gasteiger partial charge in [-0.2, -0.15) is 5.26 Å². The fourth-order valence-corrected chi connectivity index (χ4v) is 4.33. The van der Waals surface area contributed by atoms with E-state index in [1.54, 1.807) is 13.8 Å². The van der Waals surface area contributed by atoms with Crippen molar-refractivity contribution in [1.82, 2.24) is 10.0 Å². The van der Waals surface area contributed by atoms with Crippen LogP contribution in [0.5, 0.6) is 0 Å². The molecule has 27 heavy (non-hydrogen) atoms. The zero-order chi connectivity index (χ0) is 19.4. The molecule has 0 amide bonds. The molecule has 1 fully saturated rings. The van der Waals surface area contributed by atoms with Crippen LogP contribution in [0.1, 0.15) is 37.3 Å². The Labute approximate surface area is 161 Å². The summed E-state index contributed by atoms with van der Waals surface area (Å²) >= 11 is 0. The van der Waals surface area contributed by atoms with Gasteiger partial charge in [0, 0.05) is 18.5 Å². The lowest BCUT2D eigenvalue weighted by molar-refractivity contribution is 0.377. The van der Waals surface area contributed by atoms with E-state index < -0.39 is 15.3 Å². The molecule has 0 aliphatic carbocycles. The summed E-state index contributed by atoms with van der Waals surface area (Å²) in [7, 11) is -3.30. The van der Waals surface area contributed by atoms with Crippen LogP contribution < -0.4 is 10.0 Å². The first-order valence-corrected chi connectivity index (χ1v) is 10.8. The number of nitrogens with zero attached hydrogens (tertiary/aromatic N) is 1. The molecular formula is C21H25N3O2S. The lowest BCUT2D eigenvalue weighted by atomic mass is 9.87. The van der Waals surface area contributed by atoms with Gasteiger partial charge in [0.2, 0.25) is 10.0 Å². The molecule has 5 nitrogen and oxygen atoms in total. The minimum atomic E-state index is -3.30. The standard InChI is InChI=1S/C21H25N3O2S/c1-15(2)27(25,26)24-21-11-12-23-14-20(21)19-9-7-18(8-10-19)17-5-3-16(13-22)4-6-17/h3-10,15,20-21,23-24H,11-12,14H2,1-2H3/t20-,21+/m1/s1. The van der Waals surface area contributed by atoms with Crippen molar-refractivity contribution in [2.24, 2.45) is 0 Å². The van der Waals surface area contributed by atoms with Gasteiger partial charge < -0.3 is 5.32 Å². The first-order valence-electron chi connectivity index (χ1n) is 9.23. The van der Waals surface area contributed by atoms with Gasteiger partial charge >= 0.3 is 0 Å². The van der Waals surface area contributed by atoms with Crippen molar-refractivity contribution in [1.29, 1.82) is 5.26 Å². The smallest absolute Gasteiger partial charge is 0.214 e. The fourth-order valence-electron chi connectivity index (χ4n) is 3.36. The summed E-state index contributed by atoms with van der Waals surface area (Å²) in [6, 6.07) is 17.8. The number of piperidine rings is 1. The van der Waals surface area contributed by atoms with E-state index in [-0.39, 0.29) is 12.0 Å². The molecule has 1 saturated heterocycles. The third-order valence-electron chi connectivity index (χ3n) is 5.10. The Morgan fingerprint density at radius 2 is 1.67 bits per heavy atom. The van der Waals surface area contributed by atoms with E-state index in [4.69, 9.17) is 5.26 Å². The van der Waals surface area contributed by atoms with E-state index in [1.807, 2.05) is 24.3 Å². The lowest BCUT2D eigenvalue weighted by Crippen LogP contribution is -2.49. The number of hydrogen-bond acceptors (Lipinski definition) is 4. The molecule has 3 rings (SSSR count). The molecule has 0 spiro atoms. The Hall–Kier alpha value is -2.20. The Morgan fingerprint density at radius 3 is 2.22 bits per heavy atom. The van der Waals surface area contributed by atoms with Crippen molar-refractivity contribution < 1.29 is 8.42 Å². The van der Waals surface area contributed by atoms with Crippen LogP contribution in [0.2, 0.25) is 0 Å². The Kier molecular flexibility index (Phi) is 5.95. The van der Waals surface area contributed by atoms with Crippen molar-refractivity contribution in [3.8, 4) is 17.2 Å². The first-order chi connectivity index (χ1) is 12.9. The minimum absolute atomic E-state index is 0.0978. The highest BCUT2D eigenvalue weighted by Gasteiger charge is 2.30. The molecule has 0 aromatic heterocycles. The predicted octanol–water partition coefficient (Wildman–Crippen LogP) is 3.00. The maximum Gasteiger partial charge on any atom is 0.214 e. The van der Waals surface area contributed by atoms with Crippen LogP contribution in [0.25, 0.3) is 11.1 Å². The average molecular weight is 384 g/mol. The van der Waals surface area contributed by atoms with Gasteiger partial charge in [-0.3, -0.25) is 0 Å². The summed E-state index contributed by atoms with van der Waals surface area (Å²) in [6.45, 7) is 4.96. The van der Waals surface area contributed by atoms with Crippen molar-refractivity contribution in [3.05, 3.63) is 59.7 Å². The average Bonchev–Trinajstić information content (AvgIpc) is 2.68. The zero-order valence-corrected chi connectivity index (χ0v) is 16.5. The maximum absolute atomic E-state index is 12.3. The Morgan fingerprint density at radius 1 is 1.07 bits per heavy atom. The SMILES string of the molecule is CC(C)S(=O)(=O)N[C@H]1CCNC[C@@H]1c1ccc(-c2ccc(C#N)cc2)cc1. The van der Waals surface area contributed by atoms with Gasteiger partial charge in [-0.15, -0.1) is 0 Å². The van der Waals surface area contributed by atoms with Crippen molar-refractivity contribution in [3.63, 3.8) is 0 Å². The van der Waals surface area contributed by atoms with E-state index >= 15 is 0 Å². The fraction of sp³-hybridized carbons (Fsp3) is 0.381. The van der Waals surface area contributed by atoms with Gasteiger partial charge in [-0.05, 0) is 55.6 Å². The third-order valence-corrected chi connectivity index (χ3v) is 6.98. The van der Waals surface area contributed by atoms with Crippen LogP contribution in [0.15, 0.2) is 48.5 Å². The van der Waals surface area contributed by atoms with E-state index in [0.29, 0.717) is 5.56 Å². The number of hydrogen-bond donors (Lipinski definition) is 2. The highest BCUT2D eigenvalue weighted by molar-refractivity contribution is 7.90. The second-order valence-electron chi connectivity index (χ2n) is 7.23. The molecule has 0 radical (unpaired) electrons. The monoisotopic (exact) mass is 383 g/mol. The molecule has 2 atom stereocenters. The van der Waals surface area contributed by atoms with Crippen LogP contribution in [-0.4, -0.2) is 32.8 Å². The first kappa shape index (κ1) is 19.6. The van der Waals surface area contributed by atoms with Crippen molar-refractivity contribution >= 4 is 10.0 Å². The zero-order valence-electron chi connectivity index (χ0n) is 15.6. The highest BCUT2D eigenvalue weighted by Crippen LogP contribution is 2.28. The Bertz CT molecular complexity index is 913. The van der Waals surface area contributed by atoms with Gasteiger partial charge in [-0.25, -0.2) is 13.1 Å². The molecule has 142 valence electrons. The molecule has 0 unspecified atom stereocenters. The van der Waals surface area contributed by atoms with Crippen LogP contribution in [0.3, 0.4) is 0 Å². The van der Waals surface area contributed by atoms with Gasteiger partial charge in [-0.1, -0.05) is 36.4 Å². The summed E-state index contributed by atoms with van der Waals surface area (Å²) in [5.41, 5.74) is 3.89. The van der Waals surface area contributed by atoms with Crippen molar-refractivity contribution in [2.75, 3.05) is 13.1 Å². The van der Waals surface area contributed by atoms with Crippen LogP contribution in [-0.2, 0) is 10.0 Å². The largest absolute Gasteiger partial charge is 0.316 e. The third kappa shape index (κ3) is 4.56. The number of sulfonamides is 1. The summed E-state index contributed by atoms with van der Waals surface area (Å²) in [5.74, 6) is 0.0993. The molecule has 6 heteroatoms. The summed E-state index contributed by atoms with van der Waals surface area (Å²) in [5, 5.41) is 11.8. The second-order valence-corrected chi connectivity index (χ2v) is 9.50. The van der Waals surface area contributed by atoms with Crippen LogP contribution >= 0.6 is 0 Å². The number of rotatable bonds is 5. The van der Waals surface area contributed by atoms with Gasteiger partial charge in [0.15, 0.2) is 0 Å². The van der Waals surface area contributed by atoms with E-state index in [9.17, 15) is 8.42 Å². The number of benzene rings is 2. The highest BCUT2D eigenvalue weighted by atomic mass is 32.2. The molecule has 2 aromatic rings. The van der Waals surface area contributed by atoms with E-state index in [1.165, 1.54) is 0 Å². The number of nitriles is 1. The van der Waals surface area contributed by atoms with Crippen LogP contribution in [0, 0.1) is 11.3 Å². The maximum atomic E-state index is 12.3. The molecule has 2 aromatic carbocycles. The Balaban J connectivity index is 1.80. The molecule has 0 saturated carbocycles. The van der Waals surface area contributed by atoms with Gasteiger partial charge in [0.05, 0.1) is 16.9 Å². The van der Waals surface area contributed by atoms with Crippen molar-refractivity contribution in [2.45, 2.75) is 37.5 Å². The molecule has 0 bridgehead atoms. The summed E-state index contributed by atoms with van der Waals surface area (Å²) in [4.78, 5) is 0. The molecule has 2 N–H and O–H groups in total. The molecular weight excluding hydrogens is 358 g/mol. The normalized spacial score (nSPS) is 20.4. The minimum Gasteiger partial charge on any atom is -0.316 e. The van der Waals surface area contributed by atoms with E-state index in [0.717, 1.165) is 36.2 Å². The molecule has 1 aliphatic rings. The number of nitrogens with one attached hydrogen (secondary N) is 2. The quantitative estimate of drug-likeness (QED) is 0.832. The summed E-state index contributed by atoms with van der Waals surface area (Å²) < 4.78 is 27.5. The topological polar surface area (TPSA) is 82.0 Å². The second kappa shape index (κ2) is 8.22. The lowest BCUT2D eigenvalue weighted by Gasteiger charge is -2.33. The van der Waals surface area contributed by atoms with Gasteiger partial charge in [0.1, 0.15) is 0 Å². The molecule has 1 aliphatic heterocycles. The van der Waals surface area contributed by atoms with E-state index in [2.05, 4.69) is 40.4 Å².